The zero-order valence-electron chi connectivity index (χ0n) is 17.2. The van der Waals surface area contributed by atoms with Gasteiger partial charge in [0.15, 0.2) is 5.78 Å². The second-order valence-electron chi connectivity index (χ2n) is 7.43. The van der Waals surface area contributed by atoms with Crippen molar-refractivity contribution in [2.75, 3.05) is 13.7 Å². The Morgan fingerprint density at radius 1 is 1.33 bits per heavy atom. The summed E-state index contributed by atoms with van der Waals surface area (Å²) in [5, 5.41) is 3.06. The lowest BCUT2D eigenvalue weighted by Crippen LogP contribution is -2.43. The number of benzene rings is 1. The van der Waals surface area contributed by atoms with Crippen molar-refractivity contribution in [1.29, 1.82) is 0 Å². The van der Waals surface area contributed by atoms with Crippen LogP contribution in [0, 0.1) is 17.7 Å². The first-order valence-electron chi connectivity index (χ1n) is 9.66. The molecule has 1 N–H and O–H groups in total. The second-order valence-corrected chi connectivity index (χ2v) is 7.84. The van der Waals surface area contributed by atoms with Crippen molar-refractivity contribution < 1.29 is 28.2 Å². The molecule has 0 amide bonds. The molecule has 0 spiro atoms. The fourth-order valence-corrected chi connectivity index (χ4v) is 4.30. The normalized spacial score (nSPS) is 23.7. The van der Waals surface area contributed by atoms with Crippen LogP contribution in [0.1, 0.15) is 38.7 Å². The van der Waals surface area contributed by atoms with Gasteiger partial charge >= 0.3 is 11.9 Å². The number of methoxy groups -OCH3 is 1. The summed E-state index contributed by atoms with van der Waals surface area (Å²) in [6, 6.07) is 4.14. The summed E-state index contributed by atoms with van der Waals surface area (Å²) in [4.78, 5) is 38.6. The Kier molecular flexibility index (Phi) is 6.31. The van der Waals surface area contributed by atoms with Crippen molar-refractivity contribution in [2.45, 2.75) is 33.1 Å². The van der Waals surface area contributed by atoms with Crippen molar-refractivity contribution in [3.63, 3.8) is 0 Å². The summed E-state index contributed by atoms with van der Waals surface area (Å²) >= 11 is 5.83. The standard InChI is InChI=1S/C22H23ClFNO5/c1-5-30-22(28)17-11(3)25-15-8-10(2)16(21(27)29-4)20(26)19(15)18(17)12-6-7-13(23)14(24)9-12/h6-7,9-10,16,18,25H,5,8H2,1-4H3/t10-,16-,18+/m1/s1. The Hall–Kier alpha value is -2.67. The van der Waals surface area contributed by atoms with Gasteiger partial charge in [-0.25, -0.2) is 9.18 Å². The van der Waals surface area contributed by atoms with E-state index in [0.717, 1.165) is 0 Å². The van der Waals surface area contributed by atoms with Gasteiger partial charge in [-0.05, 0) is 43.9 Å². The van der Waals surface area contributed by atoms with Crippen LogP contribution in [-0.2, 0) is 23.9 Å². The first-order chi connectivity index (χ1) is 14.2. The molecule has 2 aliphatic rings. The monoisotopic (exact) mass is 435 g/mol. The van der Waals surface area contributed by atoms with Gasteiger partial charge in [-0.1, -0.05) is 24.6 Å². The van der Waals surface area contributed by atoms with E-state index in [2.05, 4.69) is 5.32 Å². The lowest BCUT2D eigenvalue weighted by molar-refractivity contribution is -0.151. The van der Waals surface area contributed by atoms with E-state index in [0.29, 0.717) is 23.4 Å². The molecule has 3 atom stereocenters. The highest BCUT2D eigenvalue weighted by atomic mass is 35.5. The van der Waals surface area contributed by atoms with Crippen LogP contribution in [0.15, 0.2) is 40.7 Å². The van der Waals surface area contributed by atoms with Gasteiger partial charge in [0.2, 0.25) is 0 Å². The zero-order chi connectivity index (χ0) is 22.2. The number of carbonyl (C=O) groups is 3. The number of dihydropyridines is 1. The smallest absolute Gasteiger partial charge is 0.336 e. The highest BCUT2D eigenvalue weighted by Gasteiger charge is 2.47. The van der Waals surface area contributed by atoms with Gasteiger partial charge in [0, 0.05) is 22.9 Å². The quantitative estimate of drug-likeness (QED) is 0.574. The maximum Gasteiger partial charge on any atom is 0.336 e. The minimum absolute atomic E-state index is 0.0729. The molecule has 0 unspecified atom stereocenters. The van der Waals surface area contributed by atoms with Gasteiger partial charge in [-0.2, -0.15) is 0 Å². The molecule has 0 saturated carbocycles. The molecular formula is C22H23ClFNO5. The molecule has 1 heterocycles. The van der Waals surface area contributed by atoms with E-state index in [1.54, 1.807) is 26.8 Å². The van der Waals surface area contributed by atoms with E-state index < -0.39 is 35.4 Å². The van der Waals surface area contributed by atoms with Crippen LogP contribution in [0.5, 0.6) is 0 Å². The number of hydrogen-bond acceptors (Lipinski definition) is 6. The lowest BCUT2D eigenvalue weighted by atomic mass is 9.69. The molecule has 3 rings (SSSR count). The van der Waals surface area contributed by atoms with Gasteiger partial charge in [-0.15, -0.1) is 0 Å². The van der Waals surface area contributed by atoms with Crippen LogP contribution in [0.25, 0.3) is 0 Å². The van der Waals surface area contributed by atoms with E-state index >= 15 is 0 Å². The summed E-state index contributed by atoms with van der Waals surface area (Å²) in [6.07, 6.45) is 0.404. The Morgan fingerprint density at radius 2 is 2.03 bits per heavy atom. The van der Waals surface area contributed by atoms with E-state index in [1.165, 1.54) is 19.2 Å². The fourth-order valence-electron chi connectivity index (χ4n) is 4.19. The number of allylic oxidation sites excluding steroid dienone is 3. The third kappa shape index (κ3) is 3.74. The van der Waals surface area contributed by atoms with Crippen molar-refractivity contribution in [2.24, 2.45) is 11.8 Å². The molecule has 1 aromatic carbocycles. The zero-order valence-corrected chi connectivity index (χ0v) is 17.9. The highest BCUT2D eigenvalue weighted by Crippen LogP contribution is 2.45. The predicted molar refractivity (Wildman–Crippen MR) is 108 cm³/mol. The molecule has 1 aromatic rings. The molecule has 1 aliphatic heterocycles. The number of nitrogens with one attached hydrogen (secondary N) is 1. The number of halogens is 2. The van der Waals surface area contributed by atoms with Crippen LogP contribution in [-0.4, -0.2) is 31.4 Å². The van der Waals surface area contributed by atoms with Crippen LogP contribution in [0.2, 0.25) is 5.02 Å². The average molecular weight is 436 g/mol. The van der Waals surface area contributed by atoms with E-state index in [4.69, 9.17) is 21.1 Å². The molecular weight excluding hydrogens is 413 g/mol. The third-order valence-corrected chi connectivity index (χ3v) is 5.82. The topological polar surface area (TPSA) is 81.7 Å². The van der Waals surface area contributed by atoms with Gasteiger partial charge in [-0.3, -0.25) is 9.59 Å². The summed E-state index contributed by atoms with van der Waals surface area (Å²) < 4.78 is 24.3. The van der Waals surface area contributed by atoms with Gasteiger partial charge < -0.3 is 14.8 Å². The molecule has 1 aliphatic carbocycles. The highest BCUT2D eigenvalue weighted by molar-refractivity contribution is 6.30. The summed E-state index contributed by atoms with van der Waals surface area (Å²) in [5.41, 5.74) is 1.95. The molecule has 0 radical (unpaired) electrons. The number of rotatable bonds is 4. The van der Waals surface area contributed by atoms with Gasteiger partial charge in [0.05, 0.1) is 24.3 Å². The molecule has 8 heteroatoms. The van der Waals surface area contributed by atoms with Crippen molar-refractivity contribution >= 4 is 29.3 Å². The van der Waals surface area contributed by atoms with Gasteiger partial charge in [0.1, 0.15) is 11.7 Å². The fraction of sp³-hybridized carbons (Fsp3) is 0.409. The number of carbonyl (C=O) groups excluding carboxylic acids is 3. The molecule has 30 heavy (non-hydrogen) atoms. The number of esters is 2. The van der Waals surface area contributed by atoms with Crippen LogP contribution < -0.4 is 5.32 Å². The van der Waals surface area contributed by atoms with Crippen molar-refractivity contribution in [3.8, 4) is 0 Å². The Morgan fingerprint density at radius 3 is 2.63 bits per heavy atom. The first-order valence-corrected chi connectivity index (χ1v) is 10.0. The van der Waals surface area contributed by atoms with Crippen LogP contribution >= 0.6 is 11.6 Å². The molecule has 0 saturated heterocycles. The molecule has 6 nitrogen and oxygen atoms in total. The first kappa shape index (κ1) is 22.0. The van der Waals surface area contributed by atoms with Crippen molar-refractivity contribution in [1.82, 2.24) is 5.32 Å². The van der Waals surface area contributed by atoms with E-state index in [-0.39, 0.29) is 28.7 Å². The number of Topliss-reactive ketones (excluding diaryl/α,β-unsaturated/α-hetero) is 1. The summed E-state index contributed by atoms with van der Waals surface area (Å²) in [7, 11) is 1.23. The third-order valence-electron chi connectivity index (χ3n) is 5.52. The number of hydrogen-bond donors (Lipinski definition) is 1. The minimum Gasteiger partial charge on any atom is -0.468 e. The molecule has 0 aromatic heterocycles. The summed E-state index contributed by atoms with van der Waals surface area (Å²) in [5.74, 6) is -4.55. The largest absolute Gasteiger partial charge is 0.468 e. The molecule has 160 valence electrons. The Balaban J connectivity index is 2.21. The Bertz CT molecular complexity index is 984. The predicted octanol–water partition coefficient (Wildman–Crippen LogP) is 3.66. The Labute approximate surface area is 179 Å². The van der Waals surface area contributed by atoms with Gasteiger partial charge in [0.25, 0.3) is 0 Å². The maximum absolute atomic E-state index is 14.3. The second kappa shape index (κ2) is 8.60. The van der Waals surface area contributed by atoms with Crippen molar-refractivity contribution in [3.05, 3.63) is 57.1 Å². The SMILES string of the molecule is CCOC(=O)C1=C(C)NC2=C(C(=O)[C@H](C(=O)OC)[C@H](C)C2)[C@H]1c1ccc(Cl)c(F)c1. The van der Waals surface area contributed by atoms with E-state index in [9.17, 15) is 18.8 Å². The average Bonchev–Trinajstić information content (AvgIpc) is 2.68. The lowest BCUT2D eigenvalue weighted by Gasteiger charge is -2.38. The molecule has 0 bridgehead atoms. The molecule has 0 fully saturated rings. The summed E-state index contributed by atoms with van der Waals surface area (Å²) in [6.45, 7) is 5.31. The maximum atomic E-state index is 14.3. The van der Waals surface area contributed by atoms with Crippen LogP contribution in [0.4, 0.5) is 4.39 Å². The number of ether oxygens (including phenoxy) is 2. The van der Waals surface area contributed by atoms with E-state index in [1.807, 2.05) is 0 Å². The van der Waals surface area contributed by atoms with Crippen LogP contribution in [0.3, 0.4) is 0 Å². The number of ketones is 1. The minimum atomic E-state index is -1.00.